The Kier molecular flexibility index (Phi) is 7.67. The summed E-state index contributed by atoms with van der Waals surface area (Å²) in [5.41, 5.74) is 8.22. The van der Waals surface area contributed by atoms with Crippen molar-refractivity contribution < 1.29 is 4.74 Å². The summed E-state index contributed by atoms with van der Waals surface area (Å²) in [5.74, 6) is 1.42. The number of thiazole rings is 2. The molecule has 0 atom stereocenters. The predicted octanol–water partition coefficient (Wildman–Crippen LogP) is 3.53. The molecule has 4 rings (SSSR count). The fourth-order valence-corrected chi connectivity index (χ4v) is 4.52. The summed E-state index contributed by atoms with van der Waals surface area (Å²) in [5, 5.41) is 6.09. The van der Waals surface area contributed by atoms with E-state index in [9.17, 15) is 0 Å². The highest BCUT2D eigenvalue weighted by molar-refractivity contribution is 14.0. The number of nitrogens with two attached hydrogens (primary N) is 1. The monoisotopic (exact) mass is 542 g/mol. The Bertz CT molecular complexity index is 921. The molecule has 0 aliphatic carbocycles. The molecule has 3 heterocycles. The summed E-state index contributed by atoms with van der Waals surface area (Å²) in [4.78, 5) is 18.0. The van der Waals surface area contributed by atoms with Gasteiger partial charge in [-0.15, -0.1) is 46.7 Å². The van der Waals surface area contributed by atoms with Crippen LogP contribution in [0.3, 0.4) is 0 Å². The number of hydrogen-bond acceptors (Lipinski definition) is 7. The van der Waals surface area contributed by atoms with Crippen molar-refractivity contribution in [1.82, 2.24) is 14.9 Å². The van der Waals surface area contributed by atoms with Crippen LogP contribution in [0, 0.1) is 0 Å². The molecular formula is C19H23IN6OS2. The van der Waals surface area contributed by atoms with E-state index in [4.69, 9.17) is 10.5 Å². The number of methoxy groups -OCH3 is 1. The maximum Gasteiger partial charge on any atom is 0.191 e. The number of anilines is 1. The first-order valence-corrected chi connectivity index (χ1v) is 10.8. The van der Waals surface area contributed by atoms with Crippen LogP contribution < -0.4 is 15.4 Å². The molecule has 2 aromatic heterocycles. The zero-order valence-corrected chi connectivity index (χ0v) is 20.0. The molecule has 0 spiro atoms. The molecule has 0 saturated carbocycles. The number of halogens is 1. The number of hydrogen-bond donors (Lipinski definition) is 1. The van der Waals surface area contributed by atoms with Crippen LogP contribution in [0.5, 0.6) is 5.75 Å². The smallest absolute Gasteiger partial charge is 0.191 e. The molecule has 1 aliphatic heterocycles. The summed E-state index contributed by atoms with van der Waals surface area (Å²) in [7, 11) is 1.66. The molecule has 0 unspecified atom stereocenters. The maximum absolute atomic E-state index is 6.22. The molecule has 1 aromatic carbocycles. The Balaban J connectivity index is 0.00000240. The topological polar surface area (TPSA) is 79.9 Å². The van der Waals surface area contributed by atoms with Gasteiger partial charge in [0, 0.05) is 48.7 Å². The van der Waals surface area contributed by atoms with Crippen LogP contribution in [0.25, 0.3) is 10.6 Å². The average molecular weight is 542 g/mol. The van der Waals surface area contributed by atoms with Crippen LogP contribution in [0.15, 0.2) is 46.2 Å². The zero-order chi connectivity index (χ0) is 19.3. The van der Waals surface area contributed by atoms with Crippen molar-refractivity contribution in [1.29, 1.82) is 0 Å². The molecule has 0 radical (unpaired) electrons. The quantitative estimate of drug-likeness (QED) is 0.302. The van der Waals surface area contributed by atoms with Crippen molar-refractivity contribution in [2.45, 2.75) is 6.54 Å². The second kappa shape index (κ2) is 10.2. The van der Waals surface area contributed by atoms with Crippen molar-refractivity contribution in [2.24, 2.45) is 10.7 Å². The van der Waals surface area contributed by atoms with E-state index in [1.54, 1.807) is 29.8 Å². The van der Waals surface area contributed by atoms with Gasteiger partial charge in [0.2, 0.25) is 0 Å². The number of benzene rings is 1. The van der Waals surface area contributed by atoms with E-state index < -0.39 is 0 Å². The lowest BCUT2D eigenvalue weighted by Gasteiger charge is -2.35. The van der Waals surface area contributed by atoms with E-state index in [1.165, 1.54) is 0 Å². The summed E-state index contributed by atoms with van der Waals surface area (Å²) in [6.07, 6.45) is 1.84. The van der Waals surface area contributed by atoms with Gasteiger partial charge >= 0.3 is 0 Å². The molecule has 154 valence electrons. The second-order valence-corrected chi connectivity index (χ2v) is 8.07. The van der Waals surface area contributed by atoms with Crippen LogP contribution >= 0.6 is 46.7 Å². The third-order valence-electron chi connectivity index (χ3n) is 4.59. The van der Waals surface area contributed by atoms with Gasteiger partial charge in [-0.25, -0.2) is 15.0 Å². The third kappa shape index (κ3) is 5.37. The van der Waals surface area contributed by atoms with E-state index in [0.29, 0.717) is 12.5 Å². The summed E-state index contributed by atoms with van der Waals surface area (Å²) in [6.45, 7) is 4.00. The van der Waals surface area contributed by atoms with E-state index >= 15 is 0 Å². The highest BCUT2D eigenvalue weighted by atomic mass is 127. The third-order valence-corrected chi connectivity index (χ3v) is 6.36. The molecule has 29 heavy (non-hydrogen) atoms. The number of aliphatic imine (C=N–C) groups is 1. The van der Waals surface area contributed by atoms with E-state index in [1.807, 2.05) is 41.2 Å². The highest BCUT2D eigenvalue weighted by Gasteiger charge is 2.19. The molecule has 7 nitrogen and oxygen atoms in total. The number of rotatable bonds is 5. The van der Waals surface area contributed by atoms with Crippen molar-refractivity contribution in [2.75, 3.05) is 38.2 Å². The van der Waals surface area contributed by atoms with Gasteiger partial charge in [-0.1, -0.05) is 0 Å². The molecule has 2 N–H and O–H groups in total. The van der Waals surface area contributed by atoms with Crippen LogP contribution in [0.1, 0.15) is 5.69 Å². The lowest BCUT2D eigenvalue weighted by atomic mass is 10.2. The molecule has 1 fully saturated rings. The van der Waals surface area contributed by atoms with Crippen molar-refractivity contribution >= 4 is 57.7 Å². The first-order valence-electron chi connectivity index (χ1n) is 9.01. The highest BCUT2D eigenvalue weighted by Crippen LogP contribution is 2.26. The molecule has 0 bridgehead atoms. The lowest BCUT2D eigenvalue weighted by molar-refractivity contribution is 0.380. The summed E-state index contributed by atoms with van der Waals surface area (Å²) in [6, 6.07) is 7.91. The molecular weight excluding hydrogens is 519 g/mol. The Morgan fingerprint density at radius 2 is 1.93 bits per heavy atom. The first kappa shape index (κ1) is 21.8. The summed E-state index contributed by atoms with van der Waals surface area (Å²) < 4.78 is 5.20. The van der Waals surface area contributed by atoms with Crippen molar-refractivity contribution in [3.05, 3.63) is 46.9 Å². The number of ether oxygens (including phenoxy) is 1. The fraction of sp³-hybridized carbons (Fsp3) is 0.316. The molecule has 0 amide bonds. The van der Waals surface area contributed by atoms with Crippen LogP contribution in [0.2, 0.25) is 0 Å². The SMILES string of the molecule is COc1ccc(-c2nc(CN=C(N)N3CCN(c4nccs4)CC3)cs2)cc1.I. The molecule has 10 heteroatoms. The van der Waals surface area contributed by atoms with E-state index in [0.717, 1.165) is 53.3 Å². The molecule has 3 aromatic rings. The number of guanidine groups is 1. The van der Waals surface area contributed by atoms with E-state index in [-0.39, 0.29) is 24.0 Å². The average Bonchev–Trinajstić information content (AvgIpc) is 3.44. The minimum Gasteiger partial charge on any atom is -0.497 e. The molecule has 1 aliphatic rings. The number of piperazine rings is 1. The Hall–Kier alpha value is -1.92. The van der Waals surface area contributed by atoms with Gasteiger partial charge in [-0.3, -0.25) is 0 Å². The standard InChI is InChI=1S/C19H22N6OS2.HI/c1-26-16-4-2-14(3-5-16)17-23-15(13-28-17)12-22-18(20)24-7-9-25(10-8-24)19-21-6-11-27-19;/h2-6,11,13H,7-10,12H2,1H3,(H2,20,22);1H. The zero-order valence-electron chi connectivity index (χ0n) is 16.0. The number of aromatic nitrogens is 2. The Labute approximate surface area is 195 Å². The van der Waals surface area contributed by atoms with Gasteiger partial charge < -0.3 is 20.3 Å². The van der Waals surface area contributed by atoms with Gasteiger partial charge in [0.1, 0.15) is 10.8 Å². The van der Waals surface area contributed by atoms with Crippen LogP contribution in [-0.2, 0) is 6.54 Å². The molecule has 1 saturated heterocycles. The van der Waals surface area contributed by atoms with Gasteiger partial charge in [0.05, 0.1) is 19.3 Å². The predicted molar refractivity (Wildman–Crippen MR) is 131 cm³/mol. The van der Waals surface area contributed by atoms with Crippen molar-refractivity contribution in [3.8, 4) is 16.3 Å². The summed E-state index contributed by atoms with van der Waals surface area (Å²) >= 11 is 3.28. The Morgan fingerprint density at radius 3 is 2.59 bits per heavy atom. The second-order valence-electron chi connectivity index (χ2n) is 6.34. The fourth-order valence-electron chi connectivity index (χ4n) is 3.01. The normalized spacial score (nSPS) is 14.6. The van der Waals surface area contributed by atoms with Crippen molar-refractivity contribution in [3.63, 3.8) is 0 Å². The Morgan fingerprint density at radius 1 is 1.17 bits per heavy atom. The lowest BCUT2D eigenvalue weighted by Crippen LogP contribution is -2.51. The van der Waals surface area contributed by atoms with Crippen LogP contribution in [0.4, 0.5) is 5.13 Å². The largest absolute Gasteiger partial charge is 0.497 e. The minimum atomic E-state index is 0. The van der Waals surface area contributed by atoms with Gasteiger partial charge in [-0.2, -0.15) is 0 Å². The van der Waals surface area contributed by atoms with Crippen LogP contribution in [-0.4, -0.2) is 54.1 Å². The van der Waals surface area contributed by atoms with Gasteiger partial charge in [-0.05, 0) is 24.3 Å². The van der Waals surface area contributed by atoms with Gasteiger partial charge in [0.15, 0.2) is 11.1 Å². The van der Waals surface area contributed by atoms with Gasteiger partial charge in [0.25, 0.3) is 0 Å². The van der Waals surface area contributed by atoms with E-state index in [2.05, 4.69) is 24.8 Å². The maximum atomic E-state index is 6.22. The number of nitrogens with zero attached hydrogens (tertiary/aromatic N) is 5. The first-order chi connectivity index (χ1) is 13.7. The minimum absolute atomic E-state index is 0.